The van der Waals surface area contributed by atoms with Crippen molar-refractivity contribution in [2.75, 3.05) is 0 Å². The number of carbonyl (C=O) groups is 5. The molecule has 13 nitrogen and oxygen atoms in total. The predicted octanol–water partition coefficient (Wildman–Crippen LogP) is 14.6. The molecule has 0 radical (unpaired) electrons. The molecule has 83 heavy (non-hydrogen) atoms. The van der Waals surface area contributed by atoms with Crippen LogP contribution in [0, 0.1) is 53.3 Å². The summed E-state index contributed by atoms with van der Waals surface area (Å²) in [6.07, 6.45) is 25.2. The van der Waals surface area contributed by atoms with E-state index in [1.165, 1.54) is 64.2 Å². The Labute approximate surface area is 500 Å². The minimum Gasteiger partial charge on any atom is -0.456 e. The van der Waals surface area contributed by atoms with Gasteiger partial charge in [-0.2, -0.15) is 0 Å². The van der Waals surface area contributed by atoms with Crippen LogP contribution in [-0.2, 0) is 47.7 Å². The van der Waals surface area contributed by atoms with Crippen LogP contribution >= 0.6 is 0 Å². The van der Waals surface area contributed by atoms with Gasteiger partial charge in [0.25, 0.3) is 0 Å². The Hall–Kier alpha value is -4.07. The zero-order chi connectivity index (χ0) is 59.9. The third-order valence-electron chi connectivity index (χ3n) is 21.1. The Morgan fingerprint density at radius 3 is 1.16 bits per heavy atom. The number of hydrogen-bond acceptors (Lipinski definition) is 13. The van der Waals surface area contributed by atoms with Gasteiger partial charge in [0.15, 0.2) is 0 Å². The number of carbonyl (C=O) groups excluding carboxylic acids is 5. The topological polar surface area (TPSA) is 192 Å². The summed E-state index contributed by atoms with van der Waals surface area (Å²) in [6.45, 7) is 37.4. The molecule has 13 heteroatoms. The van der Waals surface area contributed by atoms with Gasteiger partial charge >= 0.3 is 29.8 Å². The highest BCUT2D eigenvalue weighted by atomic mass is 16.6. The van der Waals surface area contributed by atoms with Crippen molar-refractivity contribution in [3.8, 4) is 0 Å². The summed E-state index contributed by atoms with van der Waals surface area (Å²) in [5, 5.41) is 31.5. The second-order valence-corrected chi connectivity index (χ2v) is 29.3. The van der Waals surface area contributed by atoms with Crippen LogP contribution in [0.15, 0.2) is 60.8 Å². The Balaban J connectivity index is 0.000000190. The third kappa shape index (κ3) is 15.7. The van der Waals surface area contributed by atoms with Crippen molar-refractivity contribution in [1.29, 1.82) is 0 Å². The van der Waals surface area contributed by atoms with Crippen LogP contribution in [-0.4, -0.2) is 90.0 Å². The van der Waals surface area contributed by atoms with Crippen LogP contribution in [0.3, 0.4) is 0 Å². The molecule has 0 aromatic carbocycles. The standard InChI is InChI=1S/C17H26O2.C14H20O4.C14H20O3.C12H20O2.C11H18O2.2CH4/c1-10(2)16(18)19-17(11(3)4)14-6-12-5-13(8-14)9-15(17)7-12;1-9(2)11(15)18-14-5-10-3-12(16,7-14)6-13(17,4-10)8-14;1-9(2)12(15)17-14-6-10-3-11(7-14)5-13(16,4-10)8-14;1-9(2)11(13)14-12(10(3)4)7-5-6-8-12;1-4-11(7-5-6-8-11)13-10(12)9(2)3;;/h11-15H,1,5-9H2,2-4H3;10,16-17H,1,3-8H2,2H3;10-11,16H,1,3-8H2,2H3;10H,1,5-8H2,2-4H3;2,4-8H2,1,3H3;2*1H4. The lowest BCUT2D eigenvalue weighted by atomic mass is 9.47. The smallest absolute Gasteiger partial charge is 0.333 e. The first-order valence-corrected chi connectivity index (χ1v) is 31.2. The molecule has 0 saturated heterocycles. The van der Waals surface area contributed by atoms with E-state index in [0.717, 1.165) is 88.9 Å². The fraction of sp³-hybridized carbons (Fsp3) is 0.786. The van der Waals surface area contributed by atoms with Gasteiger partial charge in [0.2, 0.25) is 0 Å². The van der Waals surface area contributed by atoms with Gasteiger partial charge in [-0.1, -0.05) is 82.4 Å². The van der Waals surface area contributed by atoms with Crippen molar-refractivity contribution in [2.24, 2.45) is 53.3 Å². The fourth-order valence-electron chi connectivity index (χ4n) is 18.5. The minimum atomic E-state index is -0.858. The third-order valence-corrected chi connectivity index (χ3v) is 21.1. The normalized spacial score (nSPS) is 36.7. The molecule has 12 bridgehead atoms. The molecular formula is C70H112O13. The lowest BCUT2D eigenvalue weighted by Crippen LogP contribution is -2.66. The average Bonchev–Trinajstić information content (AvgIpc) is 2.52. The van der Waals surface area contributed by atoms with E-state index in [0.29, 0.717) is 89.1 Å². The van der Waals surface area contributed by atoms with E-state index in [2.05, 4.69) is 67.5 Å². The number of aliphatic hydroxyl groups is 3. The highest BCUT2D eigenvalue weighted by Gasteiger charge is 2.65. The zero-order valence-electron chi connectivity index (χ0n) is 51.5. The van der Waals surface area contributed by atoms with Crippen LogP contribution < -0.4 is 0 Å². The van der Waals surface area contributed by atoms with Crippen LogP contribution in [0.5, 0.6) is 0 Å². The first-order chi connectivity index (χ1) is 37.6. The summed E-state index contributed by atoms with van der Waals surface area (Å²) in [5.41, 5.74) is -1.60. The maximum Gasteiger partial charge on any atom is 0.333 e. The van der Waals surface area contributed by atoms with Crippen LogP contribution in [0.1, 0.15) is 251 Å². The molecule has 3 N–H and O–H groups in total. The van der Waals surface area contributed by atoms with Gasteiger partial charge in [-0.25, -0.2) is 24.0 Å². The molecule has 0 heterocycles. The van der Waals surface area contributed by atoms with Crippen LogP contribution in [0.4, 0.5) is 0 Å². The second kappa shape index (κ2) is 26.5. The Morgan fingerprint density at radius 2 is 0.771 bits per heavy atom. The van der Waals surface area contributed by atoms with Crippen molar-refractivity contribution in [3.63, 3.8) is 0 Å². The molecule has 14 fully saturated rings. The molecule has 14 rings (SSSR count). The van der Waals surface area contributed by atoms with Gasteiger partial charge < -0.3 is 39.0 Å². The Kier molecular flexibility index (Phi) is 22.3. The Morgan fingerprint density at radius 1 is 0.422 bits per heavy atom. The van der Waals surface area contributed by atoms with E-state index >= 15 is 0 Å². The summed E-state index contributed by atoms with van der Waals surface area (Å²) in [6, 6.07) is 0. The summed E-state index contributed by atoms with van der Waals surface area (Å²) in [5.74, 6) is 3.77. The molecule has 4 unspecified atom stereocenters. The maximum absolute atomic E-state index is 12.1. The van der Waals surface area contributed by atoms with Crippen molar-refractivity contribution in [2.45, 2.75) is 296 Å². The Bertz CT molecular complexity index is 2370. The molecule has 0 aromatic heterocycles. The molecule has 14 saturated carbocycles. The molecule has 4 atom stereocenters. The number of esters is 5. The van der Waals surface area contributed by atoms with Gasteiger partial charge in [-0.15, -0.1) is 0 Å². The van der Waals surface area contributed by atoms with Crippen molar-refractivity contribution >= 4 is 29.8 Å². The number of rotatable bonds is 13. The molecule has 0 amide bonds. The van der Waals surface area contributed by atoms with Crippen molar-refractivity contribution < 1.29 is 63.0 Å². The summed E-state index contributed by atoms with van der Waals surface area (Å²) < 4.78 is 28.4. The molecule has 0 aliphatic heterocycles. The fourth-order valence-corrected chi connectivity index (χ4v) is 18.5. The highest BCUT2D eigenvalue weighted by Crippen LogP contribution is 2.63. The lowest BCUT2D eigenvalue weighted by molar-refractivity contribution is -0.260. The first-order valence-electron chi connectivity index (χ1n) is 31.2. The van der Waals surface area contributed by atoms with Gasteiger partial charge in [-0.05, 0) is 229 Å². The molecule has 14 aliphatic carbocycles. The van der Waals surface area contributed by atoms with E-state index in [1.807, 2.05) is 0 Å². The quantitative estimate of drug-likeness (QED) is 0.0897. The second-order valence-electron chi connectivity index (χ2n) is 29.3. The lowest BCUT2D eigenvalue weighted by Gasteiger charge is -2.62. The maximum atomic E-state index is 12.1. The summed E-state index contributed by atoms with van der Waals surface area (Å²) >= 11 is 0. The van der Waals surface area contributed by atoms with Crippen LogP contribution in [0.2, 0.25) is 0 Å². The van der Waals surface area contributed by atoms with E-state index in [4.69, 9.17) is 23.7 Å². The molecule has 0 spiro atoms. The summed E-state index contributed by atoms with van der Waals surface area (Å²) in [7, 11) is 0. The van der Waals surface area contributed by atoms with Gasteiger partial charge in [-0.3, -0.25) is 0 Å². The van der Waals surface area contributed by atoms with Gasteiger partial charge in [0.1, 0.15) is 28.0 Å². The molecule has 470 valence electrons. The number of ether oxygens (including phenoxy) is 5. The number of hydrogen-bond donors (Lipinski definition) is 3. The molecule has 0 aromatic rings. The van der Waals surface area contributed by atoms with E-state index in [1.54, 1.807) is 34.6 Å². The molecule has 14 aliphatic rings. The molecular weight excluding hydrogens is 1050 g/mol. The van der Waals surface area contributed by atoms with Crippen molar-refractivity contribution in [1.82, 2.24) is 0 Å². The highest BCUT2D eigenvalue weighted by molar-refractivity contribution is 5.89. The average molecular weight is 1160 g/mol. The monoisotopic (exact) mass is 1160 g/mol. The predicted molar refractivity (Wildman–Crippen MR) is 326 cm³/mol. The SMILES string of the molecule is C.C.C=C(C)C(=O)OC1(C(C)C)C2CC3CC(C2)CC1C3.C=C(C)C(=O)OC1(C(C)C)CCCC1.C=C(C)C(=O)OC1(CC)CCCC1.C=C(C)C(=O)OC12CC3CC(CC(O)(C3)C1)C2.C=C(C)C(=O)OC12CC3CC(O)(CC(O)(C3)C1)C2. The zero-order valence-corrected chi connectivity index (χ0v) is 51.5. The van der Waals surface area contributed by atoms with Gasteiger partial charge in [0, 0.05) is 53.5 Å². The van der Waals surface area contributed by atoms with E-state index < -0.39 is 34.0 Å². The first kappa shape index (κ1) is 69.7. The van der Waals surface area contributed by atoms with Gasteiger partial charge in [0.05, 0.1) is 16.8 Å². The minimum absolute atomic E-state index is 0. The van der Waals surface area contributed by atoms with E-state index in [9.17, 15) is 39.3 Å². The van der Waals surface area contributed by atoms with Crippen molar-refractivity contribution in [3.05, 3.63) is 60.8 Å². The largest absolute Gasteiger partial charge is 0.456 e. The van der Waals surface area contributed by atoms with Crippen LogP contribution in [0.25, 0.3) is 0 Å². The summed E-state index contributed by atoms with van der Waals surface area (Å²) in [4.78, 5) is 58.4. The van der Waals surface area contributed by atoms with E-state index in [-0.39, 0.29) is 61.5 Å².